The fourth-order valence-corrected chi connectivity index (χ4v) is 2.82. The van der Waals surface area contributed by atoms with Crippen LogP contribution in [-0.4, -0.2) is 38.7 Å². The van der Waals surface area contributed by atoms with Crippen LogP contribution in [0.3, 0.4) is 0 Å². The van der Waals surface area contributed by atoms with Crippen LogP contribution in [0.25, 0.3) is 23.2 Å². The van der Waals surface area contributed by atoms with Crippen molar-refractivity contribution in [1.82, 2.24) is 20.2 Å². The monoisotopic (exact) mass is 451 g/mol. The van der Waals surface area contributed by atoms with Crippen molar-refractivity contribution in [2.75, 3.05) is 11.9 Å². The molecule has 0 aliphatic rings. The summed E-state index contributed by atoms with van der Waals surface area (Å²) in [6.45, 7) is -0.771. The van der Waals surface area contributed by atoms with Gasteiger partial charge >= 0.3 is 5.97 Å². The van der Waals surface area contributed by atoms with Gasteiger partial charge in [0.05, 0.1) is 12.0 Å². The molecule has 0 unspecified atom stereocenters. The second-order valence-electron chi connectivity index (χ2n) is 6.57. The Morgan fingerprint density at radius 1 is 1.09 bits per heavy atom. The lowest BCUT2D eigenvalue weighted by molar-refractivity contribution is -0.141. The number of halogens is 2. The van der Waals surface area contributed by atoms with Gasteiger partial charge in [-0.05, 0) is 34.7 Å². The lowest BCUT2D eigenvalue weighted by atomic mass is 10.2. The van der Waals surface area contributed by atoms with Gasteiger partial charge in [0.1, 0.15) is 17.4 Å². The number of hydrogen-bond donors (Lipinski definition) is 1. The number of furan rings is 1. The molecule has 166 valence electrons. The zero-order valence-electron chi connectivity index (χ0n) is 16.8. The Kier molecular flexibility index (Phi) is 6.30. The van der Waals surface area contributed by atoms with Crippen LogP contribution < -0.4 is 5.32 Å². The molecule has 0 radical (unpaired) electrons. The van der Waals surface area contributed by atoms with E-state index in [4.69, 9.17) is 9.15 Å². The maximum atomic E-state index is 13.7. The molecule has 1 N–H and O–H groups in total. The molecular formula is C22H15F2N5O4. The molecule has 2 aromatic heterocycles. The van der Waals surface area contributed by atoms with E-state index in [9.17, 15) is 18.4 Å². The smallest absolute Gasteiger partial charge is 0.357 e. The predicted molar refractivity (Wildman–Crippen MR) is 112 cm³/mol. The van der Waals surface area contributed by atoms with Crippen molar-refractivity contribution < 1.29 is 27.5 Å². The van der Waals surface area contributed by atoms with E-state index in [0.717, 1.165) is 22.9 Å². The standard InChI is InChI=1S/C22H15F2N5O4/c23-15-8-9-17(24)18(11-15)25-20(30)13-33-22(31)19(12-16-7-4-10-32-16)29-21(26-27-28-29)14-5-2-1-3-6-14/h1-12H,13H2,(H,25,30). The van der Waals surface area contributed by atoms with Crippen LogP contribution in [0.4, 0.5) is 14.5 Å². The van der Waals surface area contributed by atoms with E-state index in [2.05, 4.69) is 20.8 Å². The first-order valence-corrected chi connectivity index (χ1v) is 9.52. The van der Waals surface area contributed by atoms with Crippen LogP contribution in [0, 0.1) is 11.6 Å². The Morgan fingerprint density at radius 3 is 2.67 bits per heavy atom. The van der Waals surface area contributed by atoms with E-state index in [1.54, 1.807) is 36.4 Å². The Labute approximate surface area is 185 Å². The second-order valence-corrected chi connectivity index (χ2v) is 6.57. The van der Waals surface area contributed by atoms with Gasteiger partial charge in [0, 0.05) is 17.7 Å². The molecule has 2 aromatic carbocycles. The van der Waals surface area contributed by atoms with E-state index < -0.39 is 30.1 Å². The molecule has 0 bridgehead atoms. The molecule has 0 fully saturated rings. The third-order valence-corrected chi connectivity index (χ3v) is 4.30. The topological polar surface area (TPSA) is 112 Å². The molecule has 2 heterocycles. The van der Waals surface area contributed by atoms with Crippen molar-refractivity contribution in [3.05, 3.63) is 84.3 Å². The molecule has 0 spiro atoms. The maximum Gasteiger partial charge on any atom is 0.357 e. The summed E-state index contributed by atoms with van der Waals surface area (Å²) in [7, 11) is 0. The highest BCUT2D eigenvalue weighted by atomic mass is 19.1. The molecule has 0 aliphatic heterocycles. The number of tetrazole rings is 1. The average Bonchev–Trinajstić information content (AvgIpc) is 3.51. The van der Waals surface area contributed by atoms with Gasteiger partial charge in [0.15, 0.2) is 18.1 Å². The first kappa shape index (κ1) is 21.6. The van der Waals surface area contributed by atoms with Gasteiger partial charge in [0.2, 0.25) is 0 Å². The molecule has 11 heteroatoms. The molecule has 4 aromatic rings. The number of benzene rings is 2. The van der Waals surface area contributed by atoms with Gasteiger partial charge in [0.25, 0.3) is 5.91 Å². The van der Waals surface area contributed by atoms with Crippen molar-refractivity contribution in [1.29, 1.82) is 0 Å². The van der Waals surface area contributed by atoms with Gasteiger partial charge in [-0.3, -0.25) is 4.79 Å². The van der Waals surface area contributed by atoms with Crippen LogP contribution in [0.2, 0.25) is 0 Å². The summed E-state index contributed by atoms with van der Waals surface area (Å²) in [5, 5.41) is 13.6. The van der Waals surface area contributed by atoms with Gasteiger partial charge in [-0.2, -0.15) is 4.68 Å². The number of esters is 1. The van der Waals surface area contributed by atoms with E-state index in [1.807, 2.05) is 6.07 Å². The van der Waals surface area contributed by atoms with Crippen LogP contribution >= 0.6 is 0 Å². The van der Waals surface area contributed by atoms with Crippen LogP contribution in [0.15, 0.2) is 71.3 Å². The van der Waals surface area contributed by atoms with Gasteiger partial charge in [-0.15, -0.1) is 5.10 Å². The summed E-state index contributed by atoms with van der Waals surface area (Å²) in [5.41, 5.74) is 0.104. The van der Waals surface area contributed by atoms with Crippen molar-refractivity contribution in [3.63, 3.8) is 0 Å². The number of ether oxygens (including phenoxy) is 1. The largest absolute Gasteiger partial charge is 0.465 e. The first-order chi connectivity index (χ1) is 16.0. The minimum Gasteiger partial charge on any atom is -0.465 e. The zero-order valence-corrected chi connectivity index (χ0v) is 16.8. The van der Waals surface area contributed by atoms with E-state index in [-0.39, 0.29) is 17.2 Å². The summed E-state index contributed by atoms with van der Waals surface area (Å²) < 4.78 is 38.5. The highest BCUT2D eigenvalue weighted by Crippen LogP contribution is 2.21. The van der Waals surface area contributed by atoms with Gasteiger partial charge < -0.3 is 14.5 Å². The number of nitrogens with one attached hydrogen (secondary N) is 1. The maximum absolute atomic E-state index is 13.7. The minimum atomic E-state index is -0.953. The number of rotatable bonds is 7. The number of nitrogens with zero attached hydrogens (tertiary/aromatic N) is 4. The molecule has 0 saturated carbocycles. The normalized spacial score (nSPS) is 11.3. The summed E-state index contributed by atoms with van der Waals surface area (Å²) in [4.78, 5) is 25.0. The number of aromatic nitrogens is 4. The van der Waals surface area contributed by atoms with Crippen molar-refractivity contribution in [3.8, 4) is 11.4 Å². The minimum absolute atomic E-state index is 0.140. The highest BCUT2D eigenvalue weighted by molar-refractivity contribution is 6.16. The quantitative estimate of drug-likeness (QED) is 0.339. The SMILES string of the molecule is O=C(COC(=O)C(=Cc1ccco1)n1nnnc1-c1ccccc1)Nc1cc(F)ccc1F. The van der Waals surface area contributed by atoms with E-state index in [0.29, 0.717) is 11.3 Å². The first-order valence-electron chi connectivity index (χ1n) is 9.52. The summed E-state index contributed by atoms with van der Waals surface area (Å²) in [6.07, 6.45) is 2.75. The van der Waals surface area contributed by atoms with E-state index >= 15 is 0 Å². The lowest BCUT2D eigenvalue weighted by Crippen LogP contribution is -2.23. The summed E-state index contributed by atoms with van der Waals surface area (Å²) in [5.74, 6) is -2.84. The van der Waals surface area contributed by atoms with Crippen molar-refractivity contribution >= 4 is 29.3 Å². The fraction of sp³-hybridized carbons (Fsp3) is 0.0455. The third-order valence-electron chi connectivity index (χ3n) is 4.30. The van der Waals surface area contributed by atoms with Crippen molar-refractivity contribution in [2.45, 2.75) is 0 Å². The lowest BCUT2D eigenvalue weighted by Gasteiger charge is -2.10. The number of hydrogen-bond acceptors (Lipinski definition) is 7. The Balaban J connectivity index is 1.55. The molecule has 0 saturated heterocycles. The molecule has 4 rings (SSSR count). The Hall–Kier alpha value is -4.67. The molecule has 0 aliphatic carbocycles. The predicted octanol–water partition coefficient (Wildman–Crippen LogP) is 3.39. The molecule has 9 nitrogen and oxygen atoms in total. The molecule has 33 heavy (non-hydrogen) atoms. The van der Waals surface area contributed by atoms with E-state index in [1.165, 1.54) is 12.3 Å². The summed E-state index contributed by atoms with van der Waals surface area (Å²) >= 11 is 0. The Morgan fingerprint density at radius 2 is 1.91 bits per heavy atom. The van der Waals surface area contributed by atoms with Crippen LogP contribution in [-0.2, 0) is 14.3 Å². The van der Waals surface area contributed by atoms with Crippen LogP contribution in [0.5, 0.6) is 0 Å². The molecule has 0 atom stereocenters. The fourth-order valence-electron chi connectivity index (χ4n) is 2.82. The van der Waals surface area contributed by atoms with Gasteiger partial charge in [-0.1, -0.05) is 30.3 Å². The molecule has 1 amide bonds. The van der Waals surface area contributed by atoms with Crippen LogP contribution in [0.1, 0.15) is 5.76 Å². The van der Waals surface area contributed by atoms with Gasteiger partial charge in [-0.25, -0.2) is 13.6 Å². The molecular weight excluding hydrogens is 436 g/mol. The average molecular weight is 451 g/mol. The summed E-state index contributed by atoms with van der Waals surface area (Å²) in [6, 6.07) is 14.7. The van der Waals surface area contributed by atoms with Crippen molar-refractivity contribution in [2.24, 2.45) is 0 Å². The third kappa shape index (κ3) is 5.15. The zero-order chi connectivity index (χ0) is 23.2. The number of carbonyl (C=O) groups is 2. The number of carbonyl (C=O) groups excluding carboxylic acids is 2. The number of anilines is 1. The second kappa shape index (κ2) is 9.64. The highest BCUT2D eigenvalue weighted by Gasteiger charge is 2.22. The number of amides is 1. The Bertz CT molecular complexity index is 1300.